The minimum absolute atomic E-state index is 0.217. The first-order valence-electron chi connectivity index (χ1n) is 4.03. The zero-order chi connectivity index (χ0) is 11.4. The van der Waals surface area contributed by atoms with E-state index < -0.39 is 17.5 Å². The highest BCUT2D eigenvalue weighted by Gasteiger charge is 2.15. The van der Waals surface area contributed by atoms with Gasteiger partial charge in [0.15, 0.2) is 0 Å². The Morgan fingerprint density at radius 2 is 1.79 bits per heavy atom. The van der Waals surface area contributed by atoms with Gasteiger partial charge < -0.3 is 14.9 Å². The summed E-state index contributed by atoms with van der Waals surface area (Å²) in [4.78, 5) is 20.8. The fourth-order valence-corrected chi connectivity index (χ4v) is 0.608. The lowest BCUT2D eigenvalue weighted by atomic mass is 10.2. The highest BCUT2D eigenvalue weighted by Crippen LogP contribution is 2.09. The molecule has 0 amide bonds. The minimum Gasteiger partial charge on any atom is -0.478 e. The van der Waals surface area contributed by atoms with Gasteiger partial charge in [0.1, 0.15) is 0 Å². The summed E-state index contributed by atoms with van der Waals surface area (Å²) in [5.74, 6) is -2.57. The topological polar surface area (TPSA) is 83.8 Å². The highest BCUT2D eigenvalue weighted by molar-refractivity contribution is 5.94. The van der Waals surface area contributed by atoms with Gasteiger partial charge in [-0.25, -0.2) is 9.59 Å². The molecule has 0 aliphatic rings. The van der Waals surface area contributed by atoms with Gasteiger partial charge in [-0.1, -0.05) is 0 Å². The lowest BCUT2D eigenvalue weighted by Crippen LogP contribution is -2.22. The summed E-state index contributed by atoms with van der Waals surface area (Å²) in [5.41, 5.74) is -0.764. The highest BCUT2D eigenvalue weighted by atomic mass is 16.5. The molecule has 0 aliphatic heterocycles. The number of carboxylic acid groups (broad SMARTS) is 2. The van der Waals surface area contributed by atoms with Crippen molar-refractivity contribution >= 4 is 11.9 Å². The van der Waals surface area contributed by atoms with Crippen molar-refractivity contribution in [2.24, 2.45) is 0 Å². The quantitative estimate of drug-likeness (QED) is 0.661. The molecule has 0 unspecified atom stereocenters. The van der Waals surface area contributed by atoms with Gasteiger partial charge in [0.05, 0.1) is 17.8 Å². The van der Waals surface area contributed by atoms with Gasteiger partial charge in [-0.2, -0.15) is 0 Å². The van der Waals surface area contributed by atoms with Gasteiger partial charge in [-0.15, -0.1) is 0 Å². The van der Waals surface area contributed by atoms with E-state index in [-0.39, 0.29) is 12.2 Å². The van der Waals surface area contributed by atoms with Crippen LogP contribution in [0.3, 0.4) is 0 Å². The van der Waals surface area contributed by atoms with Crippen LogP contribution in [0.15, 0.2) is 11.6 Å². The predicted octanol–water partition coefficient (Wildman–Crippen LogP) is 0.897. The second-order valence-electron chi connectivity index (χ2n) is 3.71. The molecule has 0 aromatic carbocycles. The molecule has 5 heteroatoms. The molecule has 0 saturated carbocycles. The zero-order valence-corrected chi connectivity index (χ0v) is 8.40. The SMILES string of the molecule is CC(C)(C)OC/C(=C/C(=O)O)C(=O)O. The van der Waals surface area contributed by atoms with E-state index in [1.165, 1.54) is 0 Å². The summed E-state index contributed by atoms with van der Waals surface area (Å²) >= 11 is 0. The molecule has 0 rings (SSSR count). The van der Waals surface area contributed by atoms with Crippen LogP contribution in [0.25, 0.3) is 0 Å². The van der Waals surface area contributed by atoms with Crippen molar-refractivity contribution in [3.8, 4) is 0 Å². The molecule has 5 nitrogen and oxygen atoms in total. The lowest BCUT2D eigenvalue weighted by molar-refractivity contribution is -0.136. The largest absolute Gasteiger partial charge is 0.478 e. The van der Waals surface area contributed by atoms with E-state index in [9.17, 15) is 9.59 Å². The van der Waals surface area contributed by atoms with Gasteiger partial charge in [0.2, 0.25) is 0 Å². The summed E-state index contributed by atoms with van der Waals surface area (Å²) in [7, 11) is 0. The number of aliphatic carboxylic acids is 2. The van der Waals surface area contributed by atoms with Gasteiger partial charge in [0.25, 0.3) is 0 Å². The van der Waals surface area contributed by atoms with E-state index in [1.54, 1.807) is 20.8 Å². The minimum atomic E-state index is -1.29. The maximum absolute atomic E-state index is 10.5. The molecule has 0 radical (unpaired) electrons. The molecule has 0 heterocycles. The normalized spacial score (nSPS) is 12.6. The molecule has 0 aliphatic carbocycles. The van der Waals surface area contributed by atoms with Gasteiger partial charge in [0, 0.05) is 6.08 Å². The molecule has 0 bridgehead atoms. The van der Waals surface area contributed by atoms with Crippen molar-refractivity contribution in [1.29, 1.82) is 0 Å². The van der Waals surface area contributed by atoms with Crippen molar-refractivity contribution < 1.29 is 24.5 Å². The molecule has 0 spiro atoms. The van der Waals surface area contributed by atoms with Crippen LogP contribution >= 0.6 is 0 Å². The Labute approximate surface area is 82.0 Å². The van der Waals surface area contributed by atoms with E-state index in [1.807, 2.05) is 0 Å². The van der Waals surface area contributed by atoms with Crippen LogP contribution < -0.4 is 0 Å². The van der Waals surface area contributed by atoms with Gasteiger partial charge in [-0.3, -0.25) is 0 Å². The number of carboxylic acids is 2. The van der Waals surface area contributed by atoms with Crippen molar-refractivity contribution in [3.05, 3.63) is 11.6 Å². The second-order valence-corrected chi connectivity index (χ2v) is 3.71. The summed E-state index contributed by atoms with van der Waals surface area (Å²) in [6, 6.07) is 0. The maximum atomic E-state index is 10.5. The van der Waals surface area contributed by atoms with Gasteiger partial charge >= 0.3 is 11.9 Å². The summed E-state index contributed by atoms with van der Waals surface area (Å²) in [6.07, 6.45) is 0.633. The molecule has 0 aromatic heterocycles. The predicted molar refractivity (Wildman–Crippen MR) is 49.1 cm³/mol. The monoisotopic (exact) mass is 202 g/mol. The Morgan fingerprint density at radius 3 is 2.07 bits per heavy atom. The fourth-order valence-electron chi connectivity index (χ4n) is 0.608. The molecule has 0 saturated heterocycles. The summed E-state index contributed by atoms with van der Waals surface area (Å²) in [6.45, 7) is 5.05. The fraction of sp³-hybridized carbons (Fsp3) is 0.556. The molecule has 2 N–H and O–H groups in total. The van der Waals surface area contributed by atoms with E-state index in [4.69, 9.17) is 14.9 Å². The number of rotatable bonds is 4. The molecule has 0 atom stereocenters. The maximum Gasteiger partial charge on any atom is 0.334 e. The Hall–Kier alpha value is -1.36. The molecule has 14 heavy (non-hydrogen) atoms. The summed E-state index contributed by atoms with van der Waals surface area (Å²) < 4.78 is 5.14. The van der Waals surface area contributed by atoms with E-state index >= 15 is 0 Å². The van der Waals surface area contributed by atoms with Crippen LogP contribution in [-0.4, -0.2) is 34.4 Å². The first kappa shape index (κ1) is 12.6. The van der Waals surface area contributed by atoms with Crippen molar-refractivity contribution in [2.75, 3.05) is 6.61 Å². The van der Waals surface area contributed by atoms with Crippen LogP contribution in [0, 0.1) is 0 Å². The standard InChI is InChI=1S/C9H14O5/c1-9(2,3)14-5-6(8(12)13)4-7(10)11/h4H,5H2,1-3H3,(H,10,11)(H,12,13)/b6-4-. The first-order chi connectivity index (χ1) is 6.22. The first-order valence-corrected chi connectivity index (χ1v) is 4.03. The Balaban J connectivity index is 4.41. The number of hydrogen-bond acceptors (Lipinski definition) is 3. The van der Waals surface area contributed by atoms with Crippen LogP contribution in [0.1, 0.15) is 20.8 Å². The molecule has 0 fully saturated rings. The molecular formula is C9H14O5. The second kappa shape index (κ2) is 4.76. The van der Waals surface area contributed by atoms with Crippen LogP contribution in [-0.2, 0) is 14.3 Å². The Morgan fingerprint density at radius 1 is 1.29 bits per heavy atom. The van der Waals surface area contributed by atoms with E-state index in [0.29, 0.717) is 6.08 Å². The average molecular weight is 202 g/mol. The smallest absolute Gasteiger partial charge is 0.334 e. The van der Waals surface area contributed by atoms with E-state index in [0.717, 1.165) is 0 Å². The third kappa shape index (κ3) is 6.19. The van der Waals surface area contributed by atoms with Crippen molar-refractivity contribution in [2.45, 2.75) is 26.4 Å². The third-order valence-corrected chi connectivity index (χ3v) is 1.23. The summed E-state index contributed by atoms with van der Waals surface area (Å²) in [5, 5.41) is 17.0. The molecule has 0 aromatic rings. The molecule has 80 valence electrons. The zero-order valence-electron chi connectivity index (χ0n) is 8.40. The Bertz CT molecular complexity index is 259. The lowest BCUT2D eigenvalue weighted by Gasteiger charge is -2.19. The van der Waals surface area contributed by atoms with Crippen LogP contribution in [0.5, 0.6) is 0 Å². The Kier molecular flexibility index (Phi) is 4.30. The third-order valence-electron chi connectivity index (χ3n) is 1.23. The molecular weight excluding hydrogens is 188 g/mol. The van der Waals surface area contributed by atoms with Crippen LogP contribution in [0.4, 0.5) is 0 Å². The number of hydrogen-bond donors (Lipinski definition) is 2. The van der Waals surface area contributed by atoms with Crippen molar-refractivity contribution in [3.63, 3.8) is 0 Å². The number of carbonyl (C=O) groups is 2. The average Bonchev–Trinajstić information content (AvgIpc) is 1.94. The van der Waals surface area contributed by atoms with Gasteiger partial charge in [-0.05, 0) is 20.8 Å². The van der Waals surface area contributed by atoms with E-state index in [2.05, 4.69) is 0 Å². The number of ether oxygens (including phenoxy) is 1. The van der Waals surface area contributed by atoms with Crippen molar-refractivity contribution in [1.82, 2.24) is 0 Å². The van der Waals surface area contributed by atoms with Crippen LogP contribution in [0.2, 0.25) is 0 Å².